The normalized spacial score (nSPS) is 10.1. The summed E-state index contributed by atoms with van der Waals surface area (Å²) in [6, 6.07) is 8.18. The van der Waals surface area contributed by atoms with Crippen molar-refractivity contribution in [2.75, 3.05) is 5.32 Å². The van der Waals surface area contributed by atoms with Crippen molar-refractivity contribution in [1.82, 2.24) is 5.32 Å². The van der Waals surface area contributed by atoms with Crippen LogP contribution in [-0.4, -0.2) is 5.11 Å². The van der Waals surface area contributed by atoms with Crippen molar-refractivity contribution in [3.05, 3.63) is 53.7 Å². The van der Waals surface area contributed by atoms with Gasteiger partial charge in [0.25, 0.3) is 0 Å². The molecule has 2 N–H and O–H groups in total. The number of rotatable bonds is 3. The lowest BCUT2D eigenvalue weighted by Gasteiger charge is -2.11. The summed E-state index contributed by atoms with van der Waals surface area (Å²) in [5.41, 5.74) is 1.59. The molecule has 5 heteroatoms. The standard InChI is InChI=1S/C13H13FN2OS/c1-9-7-10(14)4-5-12(9)16-13(18)15-8-11-3-2-6-17-11/h2-7H,8H2,1H3,(H2,15,16,18). The quantitative estimate of drug-likeness (QED) is 0.835. The Balaban J connectivity index is 1.91. The Labute approximate surface area is 110 Å². The van der Waals surface area contributed by atoms with Crippen LogP contribution in [0.25, 0.3) is 0 Å². The average molecular weight is 264 g/mol. The molecular weight excluding hydrogens is 251 g/mol. The zero-order valence-electron chi connectivity index (χ0n) is 9.87. The zero-order valence-corrected chi connectivity index (χ0v) is 10.7. The summed E-state index contributed by atoms with van der Waals surface area (Å²) >= 11 is 5.14. The van der Waals surface area contributed by atoms with Crippen LogP contribution in [0, 0.1) is 12.7 Å². The largest absolute Gasteiger partial charge is 0.467 e. The van der Waals surface area contributed by atoms with E-state index in [-0.39, 0.29) is 5.82 Å². The minimum absolute atomic E-state index is 0.257. The molecule has 0 unspecified atom stereocenters. The molecule has 3 nitrogen and oxygen atoms in total. The number of thiocarbonyl (C=S) groups is 1. The highest BCUT2D eigenvalue weighted by atomic mass is 32.1. The van der Waals surface area contributed by atoms with Gasteiger partial charge < -0.3 is 15.1 Å². The van der Waals surface area contributed by atoms with Crippen LogP contribution in [0.1, 0.15) is 11.3 Å². The lowest BCUT2D eigenvalue weighted by molar-refractivity contribution is 0.503. The van der Waals surface area contributed by atoms with Gasteiger partial charge in [0.2, 0.25) is 0 Å². The van der Waals surface area contributed by atoms with Gasteiger partial charge >= 0.3 is 0 Å². The minimum Gasteiger partial charge on any atom is -0.467 e. The highest BCUT2D eigenvalue weighted by Crippen LogP contribution is 2.15. The number of benzene rings is 1. The number of furan rings is 1. The van der Waals surface area contributed by atoms with Crippen molar-refractivity contribution in [3.63, 3.8) is 0 Å². The fraction of sp³-hybridized carbons (Fsp3) is 0.154. The summed E-state index contributed by atoms with van der Waals surface area (Å²) in [6.07, 6.45) is 1.61. The van der Waals surface area contributed by atoms with E-state index in [2.05, 4.69) is 10.6 Å². The number of halogens is 1. The molecule has 0 amide bonds. The first-order chi connectivity index (χ1) is 8.65. The maximum atomic E-state index is 12.9. The summed E-state index contributed by atoms with van der Waals surface area (Å²) in [5.74, 6) is 0.544. The third-order valence-electron chi connectivity index (χ3n) is 2.44. The summed E-state index contributed by atoms with van der Waals surface area (Å²) in [5, 5.41) is 6.49. The maximum absolute atomic E-state index is 12.9. The third kappa shape index (κ3) is 3.30. The predicted molar refractivity (Wildman–Crippen MR) is 72.9 cm³/mol. The van der Waals surface area contributed by atoms with Crippen molar-refractivity contribution in [2.24, 2.45) is 0 Å². The summed E-state index contributed by atoms with van der Waals surface area (Å²) in [7, 11) is 0. The van der Waals surface area contributed by atoms with Gasteiger partial charge in [-0.1, -0.05) is 0 Å². The fourth-order valence-corrected chi connectivity index (χ4v) is 1.70. The van der Waals surface area contributed by atoms with Crippen LogP contribution >= 0.6 is 12.2 Å². The highest BCUT2D eigenvalue weighted by molar-refractivity contribution is 7.80. The Morgan fingerprint density at radius 1 is 1.39 bits per heavy atom. The van der Waals surface area contributed by atoms with Gasteiger partial charge in [-0.25, -0.2) is 4.39 Å². The van der Waals surface area contributed by atoms with E-state index in [1.807, 2.05) is 19.1 Å². The van der Waals surface area contributed by atoms with E-state index in [0.29, 0.717) is 11.7 Å². The number of anilines is 1. The molecule has 1 aromatic heterocycles. The van der Waals surface area contributed by atoms with Gasteiger partial charge in [-0.2, -0.15) is 0 Å². The Morgan fingerprint density at radius 3 is 2.89 bits per heavy atom. The van der Waals surface area contributed by atoms with Gasteiger partial charge in [-0.3, -0.25) is 0 Å². The number of aryl methyl sites for hydroxylation is 1. The van der Waals surface area contributed by atoms with Gasteiger partial charge in [0.15, 0.2) is 5.11 Å². The first-order valence-electron chi connectivity index (χ1n) is 5.48. The first-order valence-corrected chi connectivity index (χ1v) is 5.89. The molecule has 2 rings (SSSR count). The SMILES string of the molecule is Cc1cc(F)ccc1NC(=S)NCc1ccco1. The van der Waals surface area contributed by atoms with Gasteiger partial charge in [0.1, 0.15) is 11.6 Å². The highest BCUT2D eigenvalue weighted by Gasteiger charge is 2.03. The van der Waals surface area contributed by atoms with Crippen LogP contribution in [0.2, 0.25) is 0 Å². The second kappa shape index (κ2) is 5.64. The molecule has 1 heterocycles. The van der Waals surface area contributed by atoms with Crippen LogP contribution in [0.3, 0.4) is 0 Å². The van der Waals surface area contributed by atoms with E-state index in [1.165, 1.54) is 12.1 Å². The van der Waals surface area contributed by atoms with Crippen molar-refractivity contribution < 1.29 is 8.81 Å². The molecule has 0 aliphatic carbocycles. The van der Waals surface area contributed by atoms with Crippen LogP contribution in [-0.2, 0) is 6.54 Å². The first kappa shape index (κ1) is 12.6. The second-order valence-corrected chi connectivity index (χ2v) is 4.25. The average Bonchev–Trinajstić information content (AvgIpc) is 2.83. The summed E-state index contributed by atoms with van der Waals surface area (Å²) in [4.78, 5) is 0. The van der Waals surface area contributed by atoms with Gasteiger partial charge in [0, 0.05) is 5.69 Å². The Morgan fingerprint density at radius 2 is 2.22 bits per heavy atom. The molecule has 0 atom stereocenters. The van der Waals surface area contributed by atoms with E-state index in [4.69, 9.17) is 16.6 Å². The maximum Gasteiger partial charge on any atom is 0.171 e. The van der Waals surface area contributed by atoms with E-state index in [9.17, 15) is 4.39 Å². The molecule has 0 spiro atoms. The fourth-order valence-electron chi connectivity index (χ4n) is 1.51. The lowest BCUT2D eigenvalue weighted by atomic mass is 10.2. The number of hydrogen-bond acceptors (Lipinski definition) is 2. The van der Waals surface area contributed by atoms with Crippen LogP contribution in [0.4, 0.5) is 10.1 Å². The van der Waals surface area contributed by atoms with Gasteiger partial charge in [-0.05, 0) is 55.0 Å². The summed E-state index contributed by atoms with van der Waals surface area (Å²) < 4.78 is 18.1. The Kier molecular flexibility index (Phi) is 3.94. The monoisotopic (exact) mass is 264 g/mol. The lowest BCUT2D eigenvalue weighted by Crippen LogP contribution is -2.28. The molecule has 2 aromatic rings. The molecule has 0 aliphatic heterocycles. The van der Waals surface area contributed by atoms with Gasteiger partial charge in [0.05, 0.1) is 12.8 Å². The number of nitrogens with one attached hydrogen (secondary N) is 2. The predicted octanol–water partition coefficient (Wildman–Crippen LogP) is 3.21. The molecule has 0 aliphatic rings. The third-order valence-corrected chi connectivity index (χ3v) is 2.69. The van der Waals surface area contributed by atoms with Crippen LogP contribution in [0.5, 0.6) is 0 Å². The van der Waals surface area contributed by atoms with Crippen molar-refractivity contribution in [1.29, 1.82) is 0 Å². The zero-order chi connectivity index (χ0) is 13.0. The second-order valence-electron chi connectivity index (χ2n) is 3.85. The molecule has 1 aromatic carbocycles. The molecule has 0 saturated carbocycles. The smallest absolute Gasteiger partial charge is 0.171 e. The number of hydrogen-bond donors (Lipinski definition) is 2. The minimum atomic E-state index is -0.257. The van der Waals surface area contributed by atoms with Crippen LogP contribution < -0.4 is 10.6 Å². The van der Waals surface area contributed by atoms with Crippen molar-refractivity contribution >= 4 is 23.0 Å². The Hall–Kier alpha value is -1.88. The van der Waals surface area contributed by atoms with Gasteiger partial charge in [-0.15, -0.1) is 0 Å². The molecule has 94 valence electrons. The summed E-state index contributed by atoms with van der Waals surface area (Å²) in [6.45, 7) is 2.33. The molecule has 18 heavy (non-hydrogen) atoms. The Bertz CT molecular complexity index is 540. The molecule has 0 saturated heterocycles. The van der Waals surface area contributed by atoms with Crippen LogP contribution in [0.15, 0.2) is 41.0 Å². The molecular formula is C13H13FN2OS. The molecule has 0 bridgehead atoms. The van der Waals surface area contributed by atoms with Crippen molar-refractivity contribution in [3.8, 4) is 0 Å². The van der Waals surface area contributed by atoms with Crippen molar-refractivity contribution in [2.45, 2.75) is 13.5 Å². The molecule has 0 radical (unpaired) electrons. The topological polar surface area (TPSA) is 37.2 Å². The van der Waals surface area contributed by atoms with E-state index in [1.54, 1.807) is 12.3 Å². The van der Waals surface area contributed by atoms with E-state index >= 15 is 0 Å². The molecule has 0 fully saturated rings. The van der Waals surface area contributed by atoms with E-state index < -0.39 is 0 Å². The van der Waals surface area contributed by atoms with E-state index in [0.717, 1.165) is 17.0 Å².